The largest absolute Gasteiger partial charge is 0.384 e. The van der Waals surface area contributed by atoms with Crippen molar-refractivity contribution >= 4 is 28.4 Å². The lowest BCUT2D eigenvalue weighted by atomic mass is 10.1. The minimum Gasteiger partial charge on any atom is -0.384 e. The number of benzene rings is 1. The van der Waals surface area contributed by atoms with Crippen LogP contribution < -0.4 is 11.1 Å². The van der Waals surface area contributed by atoms with Crippen LogP contribution in [0.3, 0.4) is 0 Å². The highest BCUT2D eigenvalue weighted by molar-refractivity contribution is 5.88. The van der Waals surface area contributed by atoms with Crippen LogP contribution in [0.25, 0.3) is 22.4 Å². The van der Waals surface area contributed by atoms with Crippen LogP contribution in [0, 0.1) is 10.1 Å². The van der Waals surface area contributed by atoms with Gasteiger partial charge in [0.15, 0.2) is 5.65 Å². The number of nitrogens with two attached hydrogens (primary N) is 1. The van der Waals surface area contributed by atoms with E-state index in [2.05, 4.69) is 45.9 Å². The van der Waals surface area contributed by atoms with Crippen molar-refractivity contribution in [3.05, 3.63) is 46.6 Å². The first-order valence-corrected chi connectivity index (χ1v) is 10.6. The molecule has 3 N–H and O–H groups in total. The van der Waals surface area contributed by atoms with Gasteiger partial charge in [0, 0.05) is 29.8 Å². The van der Waals surface area contributed by atoms with E-state index in [1.54, 1.807) is 24.4 Å². The number of hydrogen-bond acceptors (Lipinski definition) is 8. The Bertz CT molecular complexity index is 1040. The van der Waals surface area contributed by atoms with Crippen molar-refractivity contribution in [2.45, 2.75) is 39.7 Å². The molecule has 0 aliphatic heterocycles. The normalized spacial score (nSPS) is 12.3. The number of fused-ring (bicyclic) bond motifs is 1. The highest BCUT2D eigenvalue weighted by atomic mass is 16.6. The van der Waals surface area contributed by atoms with Crippen molar-refractivity contribution in [2.75, 3.05) is 30.7 Å². The Morgan fingerprint density at radius 3 is 2.55 bits per heavy atom. The molecule has 1 unspecified atom stereocenters. The van der Waals surface area contributed by atoms with Gasteiger partial charge in [-0.3, -0.25) is 10.1 Å². The molecule has 1 aromatic carbocycles. The van der Waals surface area contributed by atoms with Gasteiger partial charge in [0.25, 0.3) is 5.69 Å². The average molecular weight is 424 g/mol. The topological polar surface area (TPSA) is 123 Å². The summed E-state index contributed by atoms with van der Waals surface area (Å²) in [6, 6.07) is 8.22. The summed E-state index contributed by atoms with van der Waals surface area (Å²) < 4.78 is 0. The van der Waals surface area contributed by atoms with E-state index in [1.165, 1.54) is 12.1 Å². The van der Waals surface area contributed by atoms with E-state index in [0.29, 0.717) is 22.7 Å². The molecule has 3 aromatic rings. The van der Waals surface area contributed by atoms with E-state index in [-0.39, 0.29) is 11.7 Å². The van der Waals surface area contributed by atoms with Gasteiger partial charge in [-0.05, 0) is 51.5 Å². The molecule has 3 rings (SSSR count). The lowest BCUT2D eigenvalue weighted by Crippen LogP contribution is -2.25. The molecule has 0 amide bonds. The fourth-order valence-corrected chi connectivity index (χ4v) is 3.52. The van der Waals surface area contributed by atoms with Crippen LogP contribution in [-0.2, 0) is 0 Å². The third kappa shape index (κ3) is 5.64. The number of pyridine rings is 1. The van der Waals surface area contributed by atoms with E-state index in [4.69, 9.17) is 5.73 Å². The van der Waals surface area contributed by atoms with Crippen LogP contribution in [-0.4, -0.2) is 50.5 Å². The van der Waals surface area contributed by atoms with Crippen LogP contribution in [0.15, 0.2) is 36.5 Å². The van der Waals surface area contributed by atoms with Crippen molar-refractivity contribution in [1.29, 1.82) is 0 Å². The molecule has 9 heteroatoms. The Morgan fingerprint density at radius 1 is 1.19 bits per heavy atom. The molecule has 0 saturated carbocycles. The molecule has 164 valence electrons. The van der Waals surface area contributed by atoms with Crippen LogP contribution >= 0.6 is 0 Å². The number of aromatic nitrogens is 3. The monoisotopic (exact) mass is 423 g/mol. The van der Waals surface area contributed by atoms with Gasteiger partial charge in [0.1, 0.15) is 11.3 Å². The number of rotatable bonds is 10. The molecule has 0 spiro atoms. The Kier molecular flexibility index (Phi) is 7.30. The lowest BCUT2D eigenvalue weighted by Gasteiger charge is -2.20. The summed E-state index contributed by atoms with van der Waals surface area (Å²) in [7, 11) is 0. The summed E-state index contributed by atoms with van der Waals surface area (Å²) >= 11 is 0. The zero-order valence-electron chi connectivity index (χ0n) is 18.2. The molecule has 2 aromatic heterocycles. The quantitative estimate of drug-likeness (QED) is 0.369. The van der Waals surface area contributed by atoms with Crippen LogP contribution in [0.2, 0.25) is 0 Å². The number of non-ortho nitro benzene ring substituents is 1. The van der Waals surface area contributed by atoms with Crippen molar-refractivity contribution in [1.82, 2.24) is 19.9 Å². The summed E-state index contributed by atoms with van der Waals surface area (Å²) in [5.74, 6) is 0.362. The lowest BCUT2D eigenvalue weighted by molar-refractivity contribution is -0.384. The van der Waals surface area contributed by atoms with Gasteiger partial charge in [-0.15, -0.1) is 0 Å². The SMILES string of the molecule is CCN(CC)CCCC(C)Nc1cc(N)nc2nc(-c3ccc([N+](=O)[O-])cc3)cnc12. The Balaban J connectivity index is 1.78. The van der Waals surface area contributed by atoms with Gasteiger partial charge in [-0.25, -0.2) is 15.0 Å². The molecular formula is C22H29N7O2. The number of nitro benzene ring substituents is 1. The fraction of sp³-hybridized carbons (Fsp3) is 0.409. The van der Waals surface area contributed by atoms with E-state index in [1.807, 2.05) is 0 Å². The molecular weight excluding hydrogens is 394 g/mol. The van der Waals surface area contributed by atoms with E-state index >= 15 is 0 Å². The van der Waals surface area contributed by atoms with Gasteiger partial charge in [0.2, 0.25) is 0 Å². The second kappa shape index (κ2) is 10.1. The third-order valence-electron chi connectivity index (χ3n) is 5.32. The number of nitrogens with one attached hydrogen (secondary N) is 1. The molecule has 9 nitrogen and oxygen atoms in total. The van der Waals surface area contributed by atoms with Gasteiger partial charge < -0.3 is 16.0 Å². The van der Waals surface area contributed by atoms with Gasteiger partial charge >= 0.3 is 0 Å². The number of nitrogens with zero attached hydrogens (tertiary/aromatic N) is 5. The molecule has 0 bridgehead atoms. The first kappa shape index (κ1) is 22.4. The summed E-state index contributed by atoms with van der Waals surface area (Å²) in [6.07, 6.45) is 3.77. The predicted octanol–water partition coefficient (Wildman–Crippen LogP) is 4.10. The average Bonchev–Trinajstić information content (AvgIpc) is 2.76. The van der Waals surface area contributed by atoms with Crippen molar-refractivity contribution < 1.29 is 4.92 Å². The highest BCUT2D eigenvalue weighted by Gasteiger charge is 2.13. The standard InChI is InChI=1S/C22H29N7O2/c1-4-28(5-2)12-6-7-15(3)25-18-13-20(23)27-22-21(18)24-14-19(26-22)16-8-10-17(11-9-16)29(30)31/h8-11,13-15H,4-7,12H2,1-3H3,(H3,23,25,26,27). The molecule has 0 saturated heterocycles. The summed E-state index contributed by atoms with van der Waals surface area (Å²) in [6.45, 7) is 9.72. The van der Waals surface area contributed by atoms with Crippen molar-refractivity contribution in [3.63, 3.8) is 0 Å². The van der Waals surface area contributed by atoms with Gasteiger partial charge in [0.05, 0.1) is 22.5 Å². The first-order chi connectivity index (χ1) is 14.9. The van der Waals surface area contributed by atoms with Crippen molar-refractivity contribution in [3.8, 4) is 11.3 Å². The fourth-order valence-electron chi connectivity index (χ4n) is 3.52. The molecule has 0 fully saturated rings. The first-order valence-electron chi connectivity index (χ1n) is 10.6. The minimum absolute atomic E-state index is 0.0290. The van der Waals surface area contributed by atoms with Crippen LogP contribution in [0.5, 0.6) is 0 Å². The van der Waals surface area contributed by atoms with E-state index < -0.39 is 4.92 Å². The predicted molar refractivity (Wildman–Crippen MR) is 124 cm³/mol. The summed E-state index contributed by atoms with van der Waals surface area (Å²) in [4.78, 5) is 26.3. The maximum Gasteiger partial charge on any atom is 0.269 e. The summed E-state index contributed by atoms with van der Waals surface area (Å²) in [5, 5.41) is 14.4. The van der Waals surface area contributed by atoms with E-state index in [0.717, 1.165) is 43.7 Å². The molecule has 0 radical (unpaired) electrons. The molecule has 0 aliphatic carbocycles. The van der Waals surface area contributed by atoms with Gasteiger partial charge in [-0.2, -0.15) is 0 Å². The minimum atomic E-state index is -0.431. The second-order valence-corrected chi connectivity index (χ2v) is 7.54. The number of anilines is 2. The summed E-state index contributed by atoms with van der Waals surface area (Å²) in [5.41, 5.74) is 9.25. The number of nitro groups is 1. The molecule has 0 aliphatic rings. The zero-order valence-corrected chi connectivity index (χ0v) is 18.2. The van der Waals surface area contributed by atoms with Crippen LogP contribution in [0.1, 0.15) is 33.6 Å². The van der Waals surface area contributed by atoms with E-state index in [9.17, 15) is 10.1 Å². The second-order valence-electron chi connectivity index (χ2n) is 7.54. The number of nitrogen functional groups attached to an aromatic ring is 1. The van der Waals surface area contributed by atoms with Gasteiger partial charge in [-0.1, -0.05) is 13.8 Å². The number of hydrogen-bond donors (Lipinski definition) is 2. The molecule has 2 heterocycles. The molecule has 1 atom stereocenters. The highest BCUT2D eigenvalue weighted by Crippen LogP contribution is 2.26. The van der Waals surface area contributed by atoms with Crippen LogP contribution in [0.4, 0.5) is 17.2 Å². The Hall–Kier alpha value is -3.33. The Morgan fingerprint density at radius 2 is 1.90 bits per heavy atom. The maximum absolute atomic E-state index is 10.9. The molecule has 31 heavy (non-hydrogen) atoms. The zero-order chi connectivity index (χ0) is 22.4. The third-order valence-corrected chi connectivity index (χ3v) is 5.32. The maximum atomic E-state index is 10.9. The van der Waals surface area contributed by atoms with Crippen molar-refractivity contribution in [2.24, 2.45) is 0 Å². The smallest absolute Gasteiger partial charge is 0.269 e. The Labute approximate surface area is 181 Å².